The van der Waals surface area contributed by atoms with Crippen LogP contribution in [0.15, 0.2) is 18.2 Å². The number of benzene rings is 1. The molecule has 4 N–H and O–H groups in total. The number of urea groups is 1. The van der Waals surface area contributed by atoms with Gasteiger partial charge in [-0.3, -0.25) is 4.79 Å². The van der Waals surface area contributed by atoms with Crippen LogP contribution < -0.4 is 16.0 Å². The first-order chi connectivity index (χ1) is 14.6. The molecule has 0 bridgehead atoms. The number of unbranched alkanes of at least 4 members (excludes halogenated alkanes) is 1. The number of rotatable bonds is 6. The first-order valence-electron chi connectivity index (χ1n) is 10.9. The Balaban J connectivity index is 1.13. The van der Waals surface area contributed by atoms with Gasteiger partial charge in [-0.1, -0.05) is 6.42 Å². The van der Waals surface area contributed by atoms with E-state index < -0.39 is 0 Å². The van der Waals surface area contributed by atoms with Gasteiger partial charge in [0.2, 0.25) is 5.91 Å². The topological polar surface area (TPSA) is 86.0 Å². The highest BCUT2D eigenvalue weighted by Gasteiger charge is 2.42. The molecule has 3 amide bonds. The first-order valence-corrected chi connectivity index (χ1v) is 11.9. The predicted octanol–water partition coefficient (Wildman–Crippen LogP) is 3.53. The highest BCUT2D eigenvalue weighted by molar-refractivity contribution is 8.00. The van der Waals surface area contributed by atoms with Gasteiger partial charge in [0.25, 0.3) is 0 Å². The zero-order valence-electron chi connectivity index (χ0n) is 16.8. The highest BCUT2D eigenvalue weighted by atomic mass is 32.2. The van der Waals surface area contributed by atoms with Crippen molar-refractivity contribution < 1.29 is 14.0 Å². The molecule has 5 rings (SSSR count). The fraction of sp³-hybridized carbons (Fsp3) is 0.545. The van der Waals surface area contributed by atoms with Crippen LogP contribution in [-0.2, 0) is 11.2 Å². The van der Waals surface area contributed by atoms with Crippen molar-refractivity contribution in [2.45, 2.75) is 68.3 Å². The van der Waals surface area contributed by atoms with Gasteiger partial charge in [0.15, 0.2) is 0 Å². The number of amides is 3. The summed E-state index contributed by atoms with van der Waals surface area (Å²) in [5.74, 6) is 0.813. The normalized spacial score (nSPS) is 27.4. The van der Waals surface area contributed by atoms with Crippen molar-refractivity contribution in [2.75, 3.05) is 5.75 Å². The molecule has 0 spiro atoms. The molecule has 6 nitrogen and oxygen atoms in total. The summed E-state index contributed by atoms with van der Waals surface area (Å²) in [6, 6.07) is 5.22. The molecule has 0 unspecified atom stereocenters. The minimum atomic E-state index is -0.227. The Labute approximate surface area is 179 Å². The van der Waals surface area contributed by atoms with Crippen molar-refractivity contribution in [2.24, 2.45) is 0 Å². The average Bonchev–Trinajstić information content (AvgIpc) is 3.38. The minimum Gasteiger partial charge on any atom is -0.356 e. The van der Waals surface area contributed by atoms with E-state index in [0.717, 1.165) is 66.4 Å². The van der Waals surface area contributed by atoms with Gasteiger partial charge >= 0.3 is 6.03 Å². The Morgan fingerprint density at radius 2 is 2.17 bits per heavy atom. The summed E-state index contributed by atoms with van der Waals surface area (Å²) in [5, 5.41) is 10.5. The summed E-state index contributed by atoms with van der Waals surface area (Å²) in [4.78, 5) is 27.4. The lowest BCUT2D eigenvalue weighted by Crippen LogP contribution is -2.36. The molecule has 1 aromatic carbocycles. The van der Waals surface area contributed by atoms with Crippen molar-refractivity contribution in [3.63, 3.8) is 0 Å². The van der Waals surface area contributed by atoms with Crippen molar-refractivity contribution in [1.82, 2.24) is 20.9 Å². The summed E-state index contributed by atoms with van der Waals surface area (Å²) < 4.78 is 13.7. The van der Waals surface area contributed by atoms with Gasteiger partial charge in [0, 0.05) is 34.0 Å². The molecule has 3 heterocycles. The molecular weight excluding hydrogens is 403 g/mol. The maximum Gasteiger partial charge on any atom is 0.315 e. The number of carbonyl (C=O) groups is 2. The van der Waals surface area contributed by atoms with Crippen LogP contribution in [0.2, 0.25) is 0 Å². The number of thioether (sulfide) groups is 1. The summed E-state index contributed by atoms with van der Waals surface area (Å²) in [6.45, 7) is 0. The zero-order chi connectivity index (χ0) is 20.7. The minimum absolute atomic E-state index is 0.0253. The summed E-state index contributed by atoms with van der Waals surface area (Å²) in [6.07, 6.45) is 6.16. The number of fused-ring (bicyclic) bond motifs is 4. The van der Waals surface area contributed by atoms with Gasteiger partial charge in [0.05, 0.1) is 18.1 Å². The third kappa shape index (κ3) is 3.77. The quantitative estimate of drug-likeness (QED) is 0.418. The van der Waals surface area contributed by atoms with Crippen molar-refractivity contribution in [3.05, 3.63) is 35.3 Å². The number of aryl methyl sites for hydroxylation is 1. The molecule has 2 fully saturated rings. The van der Waals surface area contributed by atoms with E-state index in [0.29, 0.717) is 11.7 Å². The molecule has 0 radical (unpaired) electrons. The summed E-state index contributed by atoms with van der Waals surface area (Å²) in [7, 11) is 0. The van der Waals surface area contributed by atoms with E-state index in [2.05, 4.69) is 20.9 Å². The molecule has 4 atom stereocenters. The maximum absolute atomic E-state index is 13.7. The second-order valence-electron chi connectivity index (χ2n) is 8.59. The van der Waals surface area contributed by atoms with Gasteiger partial charge in [-0.25, -0.2) is 9.18 Å². The van der Waals surface area contributed by atoms with E-state index in [-0.39, 0.29) is 35.9 Å². The van der Waals surface area contributed by atoms with Crippen LogP contribution in [0.25, 0.3) is 10.9 Å². The molecular formula is C22H27FN4O2S. The van der Waals surface area contributed by atoms with Crippen LogP contribution >= 0.6 is 11.8 Å². The summed E-state index contributed by atoms with van der Waals surface area (Å²) >= 11 is 1.91. The lowest BCUT2D eigenvalue weighted by molar-refractivity contribution is -0.122. The smallest absolute Gasteiger partial charge is 0.315 e. The number of hydrogen-bond acceptors (Lipinski definition) is 3. The number of halogens is 1. The second-order valence-corrected chi connectivity index (χ2v) is 9.86. The molecule has 1 aliphatic carbocycles. The zero-order valence-corrected chi connectivity index (χ0v) is 17.6. The number of nitrogens with one attached hydrogen (secondary N) is 4. The highest BCUT2D eigenvalue weighted by Crippen LogP contribution is 2.35. The fourth-order valence-corrected chi connectivity index (χ4v) is 6.66. The molecule has 0 saturated carbocycles. The van der Waals surface area contributed by atoms with E-state index in [4.69, 9.17) is 0 Å². The molecule has 2 saturated heterocycles. The van der Waals surface area contributed by atoms with Crippen LogP contribution in [0.1, 0.15) is 55.8 Å². The van der Waals surface area contributed by atoms with E-state index in [1.807, 2.05) is 11.8 Å². The number of hydrogen-bond donors (Lipinski definition) is 4. The Morgan fingerprint density at radius 3 is 3.07 bits per heavy atom. The fourth-order valence-electron chi connectivity index (χ4n) is 5.12. The molecule has 3 aliphatic rings. The number of H-pyrrole nitrogens is 1. The van der Waals surface area contributed by atoms with E-state index >= 15 is 0 Å². The van der Waals surface area contributed by atoms with Gasteiger partial charge < -0.3 is 20.9 Å². The average molecular weight is 431 g/mol. The van der Waals surface area contributed by atoms with Gasteiger partial charge in [-0.2, -0.15) is 11.8 Å². The van der Waals surface area contributed by atoms with Crippen molar-refractivity contribution >= 4 is 34.6 Å². The molecule has 30 heavy (non-hydrogen) atoms. The lowest BCUT2D eigenvalue weighted by Gasteiger charge is -2.24. The largest absolute Gasteiger partial charge is 0.356 e. The standard InChI is InChI=1S/C22H27FN4O2S/c23-12-8-9-15-14(10-12)13-4-3-5-16(20(13)25-15)24-19(28)7-2-1-6-18-21-17(11-30-18)26-22(29)27-21/h8-10,16-18,21,25H,1-7,11H2,(H,24,28)(H2,26,27,29)/t16-,17+,18+,21+/m1/s1. The van der Waals surface area contributed by atoms with Crippen LogP contribution in [-0.4, -0.2) is 40.0 Å². The van der Waals surface area contributed by atoms with Crippen LogP contribution in [0, 0.1) is 5.82 Å². The molecule has 2 aromatic rings. The van der Waals surface area contributed by atoms with E-state index in [9.17, 15) is 14.0 Å². The Morgan fingerprint density at radius 1 is 1.27 bits per heavy atom. The molecule has 2 aliphatic heterocycles. The second kappa shape index (κ2) is 8.13. The van der Waals surface area contributed by atoms with Crippen LogP contribution in [0.5, 0.6) is 0 Å². The first kappa shape index (κ1) is 19.7. The number of aromatic amines is 1. The predicted molar refractivity (Wildman–Crippen MR) is 116 cm³/mol. The van der Waals surface area contributed by atoms with E-state index in [1.165, 1.54) is 6.07 Å². The monoisotopic (exact) mass is 430 g/mol. The maximum atomic E-state index is 13.7. The van der Waals surface area contributed by atoms with Crippen molar-refractivity contribution in [1.29, 1.82) is 0 Å². The van der Waals surface area contributed by atoms with Gasteiger partial charge in [-0.05, 0) is 55.9 Å². The lowest BCUT2D eigenvalue weighted by atomic mass is 9.91. The number of carbonyl (C=O) groups excluding carboxylic acids is 2. The molecule has 8 heteroatoms. The third-order valence-electron chi connectivity index (χ3n) is 6.59. The third-order valence-corrected chi connectivity index (χ3v) is 8.09. The molecule has 1 aromatic heterocycles. The van der Waals surface area contributed by atoms with Crippen molar-refractivity contribution in [3.8, 4) is 0 Å². The Hall–Kier alpha value is -2.22. The van der Waals surface area contributed by atoms with Gasteiger partial charge in [0.1, 0.15) is 5.82 Å². The van der Waals surface area contributed by atoms with Crippen LogP contribution in [0.4, 0.5) is 9.18 Å². The SMILES string of the molecule is O=C(CCCC[C@@H]1SC[C@@H]2NC(=O)N[C@@H]21)N[C@@H]1CCCc2c1[nH]c1ccc(F)cc21. The van der Waals surface area contributed by atoms with Gasteiger partial charge in [-0.15, -0.1) is 0 Å². The Kier molecular flexibility index (Phi) is 5.35. The summed E-state index contributed by atoms with van der Waals surface area (Å²) in [5.41, 5.74) is 3.11. The molecule has 160 valence electrons. The number of aromatic nitrogens is 1. The van der Waals surface area contributed by atoms with E-state index in [1.54, 1.807) is 12.1 Å². The Bertz CT molecular complexity index is 977. The van der Waals surface area contributed by atoms with Crippen LogP contribution in [0.3, 0.4) is 0 Å².